The molecule has 0 aliphatic carbocycles. The molecule has 1 aromatic carbocycles. The number of amides is 1. The van der Waals surface area contributed by atoms with Gasteiger partial charge >= 0.3 is 0 Å². The molecular weight excluding hydrogens is 350 g/mol. The second kappa shape index (κ2) is 6.36. The van der Waals surface area contributed by atoms with Gasteiger partial charge < -0.3 is 5.32 Å². The first kappa shape index (κ1) is 14.3. The lowest BCUT2D eigenvalue weighted by atomic mass is 10.3. The van der Waals surface area contributed by atoms with Crippen LogP contribution in [0.3, 0.4) is 0 Å². The maximum Gasteiger partial charge on any atom is 0.275 e. The number of benzene rings is 1. The van der Waals surface area contributed by atoms with Crippen molar-refractivity contribution < 1.29 is 4.79 Å². The number of carbonyl (C=O) groups excluding carboxylic acids is 1. The molecule has 0 atom stereocenters. The molecule has 0 bridgehead atoms. The van der Waals surface area contributed by atoms with Crippen LogP contribution in [0.5, 0.6) is 0 Å². The molecule has 0 spiro atoms. The number of thioether (sulfide) groups is 1. The Bertz CT molecular complexity index is 624. The molecule has 1 amide bonds. The molecule has 2 rings (SSSR count). The molecular formula is C12H9BrClN3OS. The molecule has 0 saturated carbocycles. The molecule has 98 valence electrons. The van der Waals surface area contributed by atoms with Crippen molar-refractivity contribution in [2.45, 2.75) is 5.16 Å². The van der Waals surface area contributed by atoms with Crippen molar-refractivity contribution in [3.05, 3.63) is 45.7 Å². The van der Waals surface area contributed by atoms with Gasteiger partial charge in [-0.2, -0.15) is 0 Å². The zero-order valence-corrected chi connectivity index (χ0v) is 13.0. The number of hydrogen-bond acceptors (Lipinski definition) is 4. The smallest absolute Gasteiger partial charge is 0.275 e. The van der Waals surface area contributed by atoms with E-state index in [0.29, 0.717) is 26.0 Å². The highest BCUT2D eigenvalue weighted by Gasteiger charge is 2.14. The Labute approximate surface area is 128 Å². The van der Waals surface area contributed by atoms with Crippen LogP contribution < -0.4 is 5.32 Å². The van der Waals surface area contributed by atoms with Gasteiger partial charge in [-0.15, -0.1) is 0 Å². The Hall–Kier alpha value is -1.11. The van der Waals surface area contributed by atoms with Crippen LogP contribution in [0.1, 0.15) is 10.5 Å². The second-order valence-corrected chi connectivity index (χ2v) is 5.58. The summed E-state index contributed by atoms with van der Waals surface area (Å²) >= 11 is 10.5. The average molecular weight is 359 g/mol. The van der Waals surface area contributed by atoms with E-state index in [-0.39, 0.29) is 5.91 Å². The van der Waals surface area contributed by atoms with Gasteiger partial charge in [0.25, 0.3) is 5.91 Å². The van der Waals surface area contributed by atoms with E-state index in [1.165, 1.54) is 11.8 Å². The highest BCUT2D eigenvalue weighted by atomic mass is 79.9. The predicted molar refractivity (Wildman–Crippen MR) is 80.9 cm³/mol. The molecule has 0 aliphatic rings. The predicted octanol–water partition coefficient (Wildman–Crippen LogP) is 3.87. The molecule has 0 unspecified atom stereocenters. The van der Waals surface area contributed by atoms with Crippen LogP contribution in [0.4, 0.5) is 5.69 Å². The topological polar surface area (TPSA) is 54.9 Å². The lowest BCUT2D eigenvalue weighted by Crippen LogP contribution is -2.15. The molecule has 1 N–H and O–H groups in total. The maximum atomic E-state index is 12.1. The Morgan fingerprint density at radius 1 is 1.47 bits per heavy atom. The fourth-order valence-electron chi connectivity index (χ4n) is 1.37. The molecule has 7 heteroatoms. The SMILES string of the molecule is CSc1ncc(Br)c(C(=O)Nc2cccc(Cl)c2)n1. The van der Waals surface area contributed by atoms with Gasteiger partial charge in [0.05, 0.1) is 4.47 Å². The molecule has 1 heterocycles. The average Bonchev–Trinajstić information content (AvgIpc) is 2.39. The van der Waals surface area contributed by atoms with Crippen LogP contribution in [0.25, 0.3) is 0 Å². The van der Waals surface area contributed by atoms with Crippen LogP contribution in [0, 0.1) is 0 Å². The van der Waals surface area contributed by atoms with Crippen LogP contribution in [0.15, 0.2) is 40.1 Å². The van der Waals surface area contributed by atoms with Crippen molar-refractivity contribution in [3.8, 4) is 0 Å². The number of nitrogens with zero attached hydrogens (tertiary/aromatic N) is 2. The van der Waals surface area contributed by atoms with Crippen molar-refractivity contribution in [1.29, 1.82) is 0 Å². The molecule has 0 saturated heterocycles. The van der Waals surface area contributed by atoms with E-state index in [4.69, 9.17) is 11.6 Å². The number of carbonyl (C=O) groups is 1. The maximum absolute atomic E-state index is 12.1. The summed E-state index contributed by atoms with van der Waals surface area (Å²) in [6, 6.07) is 6.93. The van der Waals surface area contributed by atoms with Crippen molar-refractivity contribution in [2.24, 2.45) is 0 Å². The fraction of sp³-hybridized carbons (Fsp3) is 0.0833. The molecule has 1 aromatic heterocycles. The Kier molecular flexibility index (Phi) is 4.79. The largest absolute Gasteiger partial charge is 0.321 e. The highest BCUT2D eigenvalue weighted by Crippen LogP contribution is 2.20. The summed E-state index contributed by atoms with van der Waals surface area (Å²) < 4.78 is 0.546. The molecule has 19 heavy (non-hydrogen) atoms. The van der Waals surface area contributed by atoms with E-state index in [0.717, 1.165) is 0 Å². The minimum absolute atomic E-state index is 0.291. The third kappa shape index (κ3) is 3.68. The van der Waals surface area contributed by atoms with Gasteiger partial charge in [0.1, 0.15) is 5.69 Å². The molecule has 0 radical (unpaired) electrons. The van der Waals surface area contributed by atoms with E-state index < -0.39 is 0 Å². The molecule has 0 aliphatic heterocycles. The zero-order chi connectivity index (χ0) is 13.8. The normalized spacial score (nSPS) is 10.3. The summed E-state index contributed by atoms with van der Waals surface area (Å²) in [7, 11) is 0. The monoisotopic (exact) mass is 357 g/mol. The van der Waals surface area contributed by atoms with E-state index in [1.807, 2.05) is 6.26 Å². The van der Waals surface area contributed by atoms with Gasteiger partial charge in [-0.3, -0.25) is 4.79 Å². The zero-order valence-electron chi connectivity index (χ0n) is 9.85. The summed E-state index contributed by atoms with van der Waals surface area (Å²) in [6.45, 7) is 0. The Balaban J connectivity index is 2.25. The first-order valence-corrected chi connectivity index (χ1v) is 7.63. The van der Waals surface area contributed by atoms with Crippen molar-refractivity contribution in [1.82, 2.24) is 9.97 Å². The van der Waals surface area contributed by atoms with Crippen molar-refractivity contribution >= 4 is 50.9 Å². The van der Waals surface area contributed by atoms with E-state index >= 15 is 0 Å². The van der Waals surface area contributed by atoms with E-state index in [1.54, 1.807) is 30.5 Å². The number of aromatic nitrogens is 2. The van der Waals surface area contributed by atoms with Gasteiger partial charge in [-0.1, -0.05) is 29.4 Å². The number of hydrogen-bond donors (Lipinski definition) is 1. The minimum atomic E-state index is -0.313. The Morgan fingerprint density at radius 2 is 2.26 bits per heavy atom. The van der Waals surface area contributed by atoms with Gasteiger partial charge in [0.2, 0.25) is 0 Å². The highest BCUT2D eigenvalue weighted by molar-refractivity contribution is 9.10. The van der Waals surface area contributed by atoms with Crippen LogP contribution in [-0.2, 0) is 0 Å². The van der Waals surface area contributed by atoms with E-state index in [2.05, 4.69) is 31.2 Å². The summed E-state index contributed by atoms with van der Waals surface area (Å²) in [5.74, 6) is -0.313. The lowest BCUT2D eigenvalue weighted by molar-refractivity contribution is 0.102. The number of halogens is 2. The van der Waals surface area contributed by atoms with Gasteiger partial charge in [0, 0.05) is 16.9 Å². The molecule has 4 nitrogen and oxygen atoms in total. The van der Waals surface area contributed by atoms with Crippen LogP contribution in [-0.4, -0.2) is 22.1 Å². The minimum Gasteiger partial charge on any atom is -0.321 e. The van der Waals surface area contributed by atoms with Gasteiger partial charge in [-0.05, 0) is 40.4 Å². The van der Waals surface area contributed by atoms with Gasteiger partial charge in [0.15, 0.2) is 5.16 Å². The van der Waals surface area contributed by atoms with Crippen molar-refractivity contribution in [3.63, 3.8) is 0 Å². The summed E-state index contributed by atoms with van der Waals surface area (Å²) in [4.78, 5) is 20.4. The number of nitrogens with one attached hydrogen (secondary N) is 1. The third-order valence-corrected chi connectivity index (χ3v) is 3.58. The van der Waals surface area contributed by atoms with E-state index in [9.17, 15) is 4.79 Å². The second-order valence-electron chi connectivity index (χ2n) is 3.52. The lowest BCUT2D eigenvalue weighted by Gasteiger charge is -2.07. The Morgan fingerprint density at radius 3 is 2.95 bits per heavy atom. The fourth-order valence-corrected chi connectivity index (χ4v) is 2.27. The van der Waals surface area contributed by atoms with Crippen molar-refractivity contribution in [2.75, 3.05) is 11.6 Å². The summed E-state index contributed by atoms with van der Waals surface area (Å²) in [6.07, 6.45) is 3.41. The number of rotatable bonds is 3. The summed E-state index contributed by atoms with van der Waals surface area (Å²) in [5.41, 5.74) is 0.910. The molecule has 0 fully saturated rings. The first-order chi connectivity index (χ1) is 9.10. The quantitative estimate of drug-likeness (QED) is 0.668. The standard InChI is InChI=1S/C12H9BrClN3OS/c1-19-12-15-6-9(13)10(17-12)11(18)16-8-4-2-3-7(14)5-8/h2-6H,1H3,(H,16,18). The first-order valence-electron chi connectivity index (χ1n) is 5.23. The summed E-state index contributed by atoms with van der Waals surface area (Å²) in [5, 5.41) is 3.84. The number of anilines is 1. The van der Waals surface area contributed by atoms with Crippen LogP contribution in [0.2, 0.25) is 5.02 Å². The van der Waals surface area contributed by atoms with Gasteiger partial charge in [-0.25, -0.2) is 9.97 Å². The molecule has 2 aromatic rings. The third-order valence-electron chi connectivity index (χ3n) is 2.20. The van der Waals surface area contributed by atoms with Crippen LogP contribution >= 0.6 is 39.3 Å².